The van der Waals surface area contributed by atoms with Crippen molar-refractivity contribution in [2.45, 2.75) is 13.0 Å². The molecule has 1 N–H and O–H groups in total. The molecule has 0 saturated carbocycles. The molecule has 19 heavy (non-hydrogen) atoms. The van der Waals surface area contributed by atoms with Gasteiger partial charge in [-0.25, -0.2) is 4.39 Å². The lowest BCUT2D eigenvalue weighted by atomic mass is 10.1. The summed E-state index contributed by atoms with van der Waals surface area (Å²) in [6.45, 7) is 2.03. The van der Waals surface area contributed by atoms with Gasteiger partial charge in [0.15, 0.2) is 11.6 Å². The number of nitrogens with one attached hydrogen (secondary N) is 1. The van der Waals surface area contributed by atoms with Crippen LogP contribution >= 0.6 is 15.9 Å². The maximum Gasteiger partial charge on any atom is 0.166 e. The van der Waals surface area contributed by atoms with Crippen molar-refractivity contribution in [3.8, 4) is 11.5 Å². The summed E-state index contributed by atoms with van der Waals surface area (Å²) in [4.78, 5) is 0. The van der Waals surface area contributed by atoms with E-state index in [4.69, 9.17) is 4.74 Å². The van der Waals surface area contributed by atoms with Crippen LogP contribution in [0.25, 0.3) is 0 Å². The van der Waals surface area contributed by atoms with Gasteiger partial charge in [-0.2, -0.15) is 0 Å². The molecule has 1 atom stereocenters. The van der Waals surface area contributed by atoms with Gasteiger partial charge >= 0.3 is 0 Å². The molecule has 2 rings (SSSR count). The summed E-state index contributed by atoms with van der Waals surface area (Å²) >= 11 is 3.23. The molecule has 0 heterocycles. The summed E-state index contributed by atoms with van der Waals surface area (Å²) < 4.78 is 20.2. The number of hydrogen-bond donors (Lipinski definition) is 1. The molecule has 0 saturated heterocycles. The molecule has 1 unspecified atom stereocenters. The second-order valence-electron chi connectivity index (χ2n) is 4.22. The van der Waals surface area contributed by atoms with Crippen molar-refractivity contribution in [2.75, 3.05) is 7.05 Å². The van der Waals surface area contributed by atoms with Crippen LogP contribution in [0.15, 0.2) is 46.9 Å². The maximum atomic E-state index is 13.8. The van der Waals surface area contributed by atoms with Gasteiger partial charge in [0.05, 0.1) is 0 Å². The third-order valence-corrected chi connectivity index (χ3v) is 3.43. The number of benzene rings is 2. The molecule has 4 heteroatoms. The Balaban J connectivity index is 2.33. The highest BCUT2D eigenvalue weighted by Gasteiger charge is 2.12. The molecule has 0 aliphatic heterocycles. The Hall–Kier alpha value is -1.39. The van der Waals surface area contributed by atoms with E-state index in [0.717, 1.165) is 5.56 Å². The normalized spacial score (nSPS) is 12.2. The Morgan fingerprint density at radius 1 is 1.16 bits per heavy atom. The summed E-state index contributed by atoms with van der Waals surface area (Å²) in [7, 11) is 1.88. The Bertz CT molecular complexity index is 574. The Labute approximate surface area is 120 Å². The Morgan fingerprint density at radius 3 is 2.58 bits per heavy atom. The third kappa shape index (κ3) is 3.33. The van der Waals surface area contributed by atoms with Crippen molar-refractivity contribution in [1.82, 2.24) is 5.32 Å². The monoisotopic (exact) mass is 323 g/mol. The zero-order chi connectivity index (χ0) is 13.8. The second-order valence-corrected chi connectivity index (χ2v) is 5.14. The van der Waals surface area contributed by atoms with Crippen LogP contribution in [-0.2, 0) is 0 Å². The summed E-state index contributed by atoms with van der Waals surface area (Å²) in [6, 6.07) is 12.5. The van der Waals surface area contributed by atoms with Crippen LogP contribution in [-0.4, -0.2) is 7.05 Å². The van der Waals surface area contributed by atoms with E-state index in [1.807, 2.05) is 38.2 Å². The lowest BCUT2D eigenvalue weighted by molar-refractivity contribution is 0.431. The molecule has 0 spiro atoms. The van der Waals surface area contributed by atoms with E-state index in [1.165, 1.54) is 6.07 Å². The molecule has 0 radical (unpaired) electrons. The van der Waals surface area contributed by atoms with E-state index in [0.29, 0.717) is 10.2 Å². The minimum Gasteiger partial charge on any atom is -0.454 e. The predicted octanol–water partition coefficient (Wildman–Crippen LogP) is 4.66. The van der Waals surface area contributed by atoms with Gasteiger partial charge in [-0.05, 0) is 38.2 Å². The molecule has 0 fully saturated rings. The molecule has 0 aromatic heterocycles. The van der Waals surface area contributed by atoms with Crippen molar-refractivity contribution in [3.05, 3.63) is 58.3 Å². The van der Waals surface area contributed by atoms with Crippen LogP contribution in [0, 0.1) is 5.82 Å². The van der Waals surface area contributed by atoms with Crippen molar-refractivity contribution in [3.63, 3.8) is 0 Å². The molecule has 0 aliphatic carbocycles. The standard InChI is InChI=1S/C15H15BrFNO/c1-10(18-2)12-5-3-4-6-14(12)19-15-8-7-11(16)9-13(15)17/h3-10,18H,1-2H3. The molecular formula is C15H15BrFNO. The van der Waals surface area contributed by atoms with E-state index in [1.54, 1.807) is 12.1 Å². The highest BCUT2D eigenvalue weighted by Crippen LogP contribution is 2.31. The van der Waals surface area contributed by atoms with Crippen molar-refractivity contribution in [1.29, 1.82) is 0 Å². The van der Waals surface area contributed by atoms with Crippen LogP contribution in [0.3, 0.4) is 0 Å². The van der Waals surface area contributed by atoms with Crippen molar-refractivity contribution < 1.29 is 9.13 Å². The average molecular weight is 324 g/mol. The Kier molecular flexibility index (Phi) is 4.56. The first-order chi connectivity index (χ1) is 9.11. The second kappa shape index (κ2) is 6.17. The molecule has 0 bridgehead atoms. The summed E-state index contributed by atoms with van der Waals surface area (Å²) in [5, 5.41) is 3.15. The SMILES string of the molecule is CNC(C)c1ccccc1Oc1ccc(Br)cc1F. The van der Waals surface area contributed by atoms with E-state index in [2.05, 4.69) is 21.2 Å². The molecule has 2 aromatic carbocycles. The maximum absolute atomic E-state index is 13.8. The van der Waals surface area contributed by atoms with Crippen LogP contribution in [0.5, 0.6) is 11.5 Å². The lowest BCUT2D eigenvalue weighted by Crippen LogP contribution is -2.13. The minimum absolute atomic E-state index is 0.134. The van der Waals surface area contributed by atoms with E-state index in [9.17, 15) is 4.39 Å². The van der Waals surface area contributed by atoms with Gasteiger partial charge in [-0.15, -0.1) is 0 Å². The first-order valence-corrected chi connectivity index (χ1v) is 6.80. The topological polar surface area (TPSA) is 21.3 Å². The van der Waals surface area contributed by atoms with E-state index < -0.39 is 0 Å². The van der Waals surface area contributed by atoms with Crippen LogP contribution < -0.4 is 10.1 Å². The number of para-hydroxylation sites is 1. The lowest BCUT2D eigenvalue weighted by Gasteiger charge is -2.16. The molecule has 2 nitrogen and oxygen atoms in total. The van der Waals surface area contributed by atoms with Crippen LogP contribution in [0.4, 0.5) is 4.39 Å². The number of halogens is 2. The Morgan fingerprint density at radius 2 is 1.89 bits per heavy atom. The zero-order valence-electron chi connectivity index (χ0n) is 10.8. The minimum atomic E-state index is -0.388. The predicted molar refractivity (Wildman–Crippen MR) is 78.1 cm³/mol. The van der Waals surface area contributed by atoms with Crippen LogP contribution in [0.1, 0.15) is 18.5 Å². The first-order valence-electron chi connectivity index (χ1n) is 6.01. The quantitative estimate of drug-likeness (QED) is 0.883. The van der Waals surface area contributed by atoms with Crippen molar-refractivity contribution >= 4 is 15.9 Å². The number of hydrogen-bond acceptors (Lipinski definition) is 2. The molecule has 0 aliphatic rings. The van der Waals surface area contributed by atoms with Gasteiger partial charge < -0.3 is 10.1 Å². The fourth-order valence-electron chi connectivity index (χ4n) is 1.76. The number of ether oxygens (including phenoxy) is 1. The highest BCUT2D eigenvalue weighted by atomic mass is 79.9. The fourth-order valence-corrected chi connectivity index (χ4v) is 2.10. The van der Waals surface area contributed by atoms with Crippen molar-refractivity contribution in [2.24, 2.45) is 0 Å². The molecular weight excluding hydrogens is 309 g/mol. The number of rotatable bonds is 4. The highest BCUT2D eigenvalue weighted by molar-refractivity contribution is 9.10. The van der Waals surface area contributed by atoms with Gasteiger partial charge in [-0.1, -0.05) is 34.1 Å². The fraction of sp³-hybridized carbons (Fsp3) is 0.200. The largest absolute Gasteiger partial charge is 0.454 e. The van der Waals surface area contributed by atoms with Gasteiger partial charge in [0.25, 0.3) is 0 Å². The van der Waals surface area contributed by atoms with E-state index >= 15 is 0 Å². The van der Waals surface area contributed by atoms with Gasteiger partial charge in [0, 0.05) is 16.1 Å². The summed E-state index contributed by atoms with van der Waals surface area (Å²) in [5.41, 5.74) is 0.993. The average Bonchev–Trinajstić information content (AvgIpc) is 2.41. The molecule has 100 valence electrons. The van der Waals surface area contributed by atoms with Gasteiger partial charge in [-0.3, -0.25) is 0 Å². The summed E-state index contributed by atoms with van der Waals surface area (Å²) in [6.07, 6.45) is 0. The van der Waals surface area contributed by atoms with Gasteiger partial charge in [0.1, 0.15) is 5.75 Å². The van der Waals surface area contributed by atoms with E-state index in [-0.39, 0.29) is 17.6 Å². The molecule has 2 aromatic rings. The third-order valence-electron chi connectivity index (χ3n) is 2.93. The van der Waals surface area contributed by atoms with Crippen LogP contribution in [0.2, 0.25) is 0 Å². The molecule has 0 amide bonds. The summed E-state index contributed by atoms with van der Waals surface area (Å²) in [5.74, 6) is 0.491. The van der Waals surface area contributed by atoms with Gasteiger partial charge in [0.2, 0.25) is 0 Å². The first kappa shape index (κ1) is 14.0. The zero-order valence-corrected chi connectivity index (χ0v) is 12.4. The smallest absolute Gasteiger partial charge is 0.166 e.